The fourth-order valence-electron chi connectivity index (χ4n) is 2.35. The Bertz CT molecular complexity index is 943. The van der Waals surface area contributed by atoms with Gasteiger partial charge in [0.2, 0.25) is 5.89 Å². The number of carbonyl (C=O) groups excluding carboxylic acids is 1. The first-order valence-electron chi connectivity index (χ1n) is 8.04. The normalized spacial score (nSPS) is 11.9. The van der Waals surface area contributed by atoms with Gasteiger partial charge in [0.25, 0.3) is 5.89 Å². The van der Waals surface area contributed by atoms with E-state index in [4.69, 9.17) is 13.9 Å². The van der Waals surface area contributed by atoms with Gasteiger partial charge in [-0.3, -0.25) is 0 Å². The number of esters is 1. The van der Waals surface area contributed by atoms with E-state index in [-0.39, 0.29) is 17.6 Å². The zero-order valence-electron chi connectivity index (χ0n) is 14.9. The third kappa shape index (κ3) is 4.28. The van der Waals surface area contributed by atoms with Crippen molar-refractivity contribution in [3.05, 3.63) is 59.7 Å². The van der Waals surface area contributed by atoms with Crippen LogP contribution in [-0.4, -0.2) is 29.5 Å². The lowest BCUT2D eigenvalue weighted by Crippen LogP contribution is -2.11. The molecule has 0 radical (unpaired) electrons. The molecular formula is C19H17FN2O4S. The Morgan fingerprint density at radius 2 is 1.93 bits per heavy atom. The molecule has 0 saturated heterocycles. The molecule has 0 spiro atoms. The van der Waals surface area contributed by atoms with E-state index in [1.54, 1.807) is 30.8 Å². The van der Waals surface area contributed by atoms with E-state index in [0.29, 0.717) is 16.9 Å². The molecule has 1 heterocycles. The molecule has 8 heteroatoms. The second-order valence-electron chi connectivity index (χ2n) is 5.57. The van der Waals surface area contributed by atoms with E-state index in [1.807, 2.05) is 12.3 Å². The van der Waals surface area contributed by atoms with Crippen LogP contribution < -0.4 is 4.74 Å². The van der Waals surface area contributed by atoms with Crippen LogP contribution in [0, 0.1) is 5.82 Å². The van der Waals surface area contributed by atoms with Crippen LogP contribution in [0.5, 0.6) is 5.75 Å². The average molecular weight is 388 g/mol. The highest BCUT2D eigenvalue weighted by Crippen LogP contribution is 2.28. The number of rotatable bonds is 6. The molecule has 140 valence electrons. The maximum atomic E-state index is 13.0. The minimum absolute atomic E-state index is 0.141. The summed E-state index contributed by atoms with van der Waals surface area (Å²) in [4.78, 5) is 13.5. The number of nitrogens with zero attached hydrogens (tertiary/aromatic N) is 2. The van der Waals surface area contributed by atoms with Gasteiger partial charge in [-0.25, -0.2) is 9.18 Å². The number of thioether (sulfide) groups is 1. The Morgan fingerprint density at radius 1 is 1.19 bits per heavy atom. The predicted molar refractivity (Wildman–Crippen MR) is 98.3 cm³/mol. The summed E-state index contributed by atoms with van der Waals surface area (Å²) in [5, 5.41) is 7.83. The smallest absolute Gasteiger partial charge is 0.342 e. The highest BCUT2D eigenvalue weighted by Gasteiger charge is 2.22. The average Bonchev–Trinajstić information content (AvgIpc) is 3.18. The molecule has 0 saturated carbocycles. The van der Waals surface area contributed by atoms with Crippen molar-refractivity contribution in [1.82, 2.24) is 10.2 Å². The predicted octanol–water partition coefficient (Wildman–Crippen LogP) is 4.52. The number of benzene rings is 2. The van der Waals surface area contributed by atoms with Gasteiger partial charge in [0, 0.05) is 10.5 Å². The first-order chi connectivity index (χ1) is 13.0. The molecule has 3 aromatic rings. The van der Waals surface area contributed by atoms with Gasteiger partial charge in [-0.15, -0.1) is 22.0 Å². The van der Waals surface area contributed by atoms with Crippen LogP contribution in [0.2, 0.25) is 0 Å². The number of ether oxygens (including phenoxy) is 2. The number of hydrogen-bond acceptors (Lipinski definition) is 7. The van der Waals surface area contributed by atoms with Crippen LogP contribution in [0.3, 0.4) is 0 Å². The van der Waals surface area contributed by atoms with E-state index in [2.05, 4.69) is 10.2 Å². The molecule has 0 aliphatic carbocycles. The van der Waals surface area contributed by atoms with Gasteiger partial charge in [0.1, 0.15) is 17.1 Å². The molecule has 0 bridgehead atoms. The van der Waals surface area contributed by atoms with Crippen molar-refractivity contribution in [2.75, 3.05) is 13.4 Å². The molecule has 0 aliphatic heterocycles. The summed E-state index contributed by atoms with van der Waals surface area (Å²) in [6, 6.07) is 10.9. The minimum Gasteiger partial charge on any atom is -0.496 e. The first kappa shape index (κ1) is 18.9. The van der Waals surface area contributed by atoms with E-state index < -0.39 is 12.1 Å². The Balaban J connectivity index is 1.75. The van der Waals surface area contributed by atoms with Crippen molar-refractivity contribution in [1.29, 1.82) is 0 Å². The Morgan fingerprint density at radius 3 is 2.59 bits per heavy atom. The molecule has 2 aromatic carbocycles. The maximum absolute atomic E-state index is 13.0. The molecular weight excluding hydrogens is 371 g/mol. The van der Waals surface area contributed by atoms with Gasteiger partial charge in [0.15, 0.2) is 6.10 Å². The molecule has 6 nitrogen and oxygen atoms in total. The van der Waals surface area contributed by atoms with Crippen molar-refractivity contribution in [2.24, 2.45) is 0 Å². The van der Waals surface area contributed by atoms with Crippen molar-refractivity contribution >= 4 is 17.7 Å². The van der Waals surface area contributed by atoms with E-state index in [1.165, 1.54) is 31.4 Å². The zero-order chi connectivity index (χ0) is 19.4. The summed E-state index contributed by atoms with van der Waals surface area (Å²) in [5.74, 6) is -0.135. The third-order valence-electron chi connectivity index (χ3n) is 3.79. The van der Waals surface area contributed by atoms with Crippen LogP contribution in [0.1, 0.15) is 29.3 Å². The third-order valence-corrected chi connectivity index (χ3v) is 4.52. The first-order valence-corrected chi connectivity index (χ1v) is 9.26. The minimum atomic E-state index is -0.760. The molecule has 3 rings (SSSR count). The monoisotopic (exact) mass is 388 g/mol. The van der Waals surface area contributed by atoms with Crippen LogP contribution >= 0.6 is 11.8 Å². The second kappa shape index (κ2) is 8.22. The Kier molecular flexibility index (Phi) is 5.75. The van der Waals surface area contributed by atoms with Gasteiger partial charge in [0.05, 0.1) is 7.11 Å². The number of aromatic nitrogens is 2. The topological polar surface area (TPSA) is 74.5 Å². The quantitative estimate of drug-likeness (QED) is 0.454. The molecule has 27 heavy (non-hydrogen) atoms. The molecule has 0 N–H and O–H groups in total. The van der Waals surface area contributed by atoms with Crippen molar-refractivity contribution in [3.63, 3.8) is 0 Å². The molecule has 1 atom stereocenters. The van der Waals surface area contributed by atoms with Gasteiger partial charge in [-0.05, 0) is 55.6 Å². The number of hydrogen-bond donors (Lipinski definition) is 0. The highest BCUT2D eigenvalue weighted by molar-refractivity contribution is 7.98. The molecule has 0 amide bonds. The molecule has 0 unspecified atom stereocenters. The highest BCUT2D eigenvalue weighted by atomic mass is 32.2. The Hall–Kier alpha value is -2.87. The number of halogens is 1. The molecule has 0 fully saturated rings. The lowest BCUT2D eigenvalue weighted by Gasteiger charge is -2.12. The van der Waals surface area contributed by atoms with E-state index in [0.717, 1.165) is 4.90 Å². The molecule has 0 aliphatic rings. The van der Waals surface area contributed by atoms with E-state index in [9.17, 15) is 9.18 Å². The van der Waals surface area contributed by atoms with Crippen LogP contribution in [0.4, 0.5) is 4.39 Å². The summed E-state index contributed by atoms with van der Waals surface area (Å²) in [7, 11) is 1.49. The summed E-state index contributed by atoms with van der Waals surface area (Å²) < 4.78 is 29.3. The lowest BCUT2D eigenvalue weighted by atomic mass is 10.2. The maximum Gasteiger partial charge on any atom is 0.342 e. The van der Waals surface area contributed by atoms with Gasteiger partial charge >= 0.3 is 5.97 Å². The SMILES string of the molecule is COc1cc(SC)ccc1C(=O)O[C@@H](C)c1nnc(-c2ccc(F)cc2)o1. The van der Waals surface area contributed by atoms with Gasteiger partial charge in [-0.2, -0.15) is 0 Å². The van der Waals surface area contributed by atoms with Gasteiger partial charge < -0.3 is 13.9 Å². The van der Waals surface area contributed by atoms with Crippen molar-refractivity contribution < 1.29 is 23.1 Å². The van der Waals surface area contributed by atoms with Gasteiger partial charge in [-0.1, -0.05) is 0 Å². The largest absolute Gasteiger partial charge is 0.496 e. The van der Waals surface area contributed by atoms with Crippen LogP contribution in [0.15, 0.2) is 51.8 Å². The molecule has 1 aromatic heterocycles. The summed E-state index contributed by atoms with van der Waals surface area (Å²) in [6.07, 6.45) is 1.17. The van der Waals surface area contributed by atoms with E-state index >= 15 is 0 Å². The van der Waals surface area contributed by atoms with Crippen LogP contribution in [-0.2, 0) is 4.74 Å². The summed E-state index contributed by atoms with van der Waals surface area (Å²) >= 11 is 1.54. The Labute approximate surface area is 159 Å². The van der Waals surface area contributed by atoms with Crippen LogP contribution in [0.25, 0.3) is 11.5 Å². The lowest BCUT2D eigenvalue weighted by molar-refractivity contribution is 0.0276. The standard InChI is InChI=1S/C19H17FN2O4S/c1-11(17-21-22-18(26-17)12-4-6-13(20)7-5-12)25-19(23)15-9-8-14(27-3)10-16(15)24-2/h4-11H,1-3H3/t11-/m0/s1. The fourth-order valence-corrected chi connectivity index (χ4v) is 2.78. The zero-order valence-corrected chi connectivity index (χ0v) is 15.7. The second-order valence-corrected chi connectivity index (χ2v) is 6.45. The number of methoxy groups -OCH3 is 1. The summed E-state index contributed by atoms with van der Waals surface area (Å²) in [5.41, 5.74) is 0.878. The van der Waals surface area contributed by atoms with Crippen molar-refractivity contribution in [3.8, 4) is 17.2 Å². The number of carbonyl (C=O) groups is 1. The summed E-state index contributed by atoms with van der Waals surface area (Å²) in [6.45, 7) is 1.63. The fraction of sp³-hybridized carbons (Fsp3) is 0.211. The van der Waals surface area contributed by atoms with Crippen molar-refractivity contribution in [2.45, 2.75) is 17.9 Å².